The molecule has 0 aliphatic rings. The largest absolute Gasteiger partial charge is 0.389 e. The predicted molar refractivity (Wildman–Crippen MR) is 62.9 cm³/mol. The maximum Gasteiger partial charge on any atom is 0.389 e. The summed E-state index contributed by atoms with van der Waals surface area (Å²) < 4.78 is 35.7. The number of halogens is 3. The highest BCUT2D eigenvalue weighted by molar-refractivity contribution is 5.37. The first kappa shape index (κ1) is 14.5. The lowest BCUT2D eigenvalue weighted by Crippen LogP contribution is -2.18. The van der Waals surface area contributed by atoms with E-state index in [1.165, 1.54) is 0 Å². The molecule has 0 aliphatic carbocycles. The number of nitrogens with zero attached hydrogens (tertiary/aromatic N) is 1. The Morgan fingerprint density at radius 1 is 1.33 bits per heavy atom. The molecule has 2 nitrogen and oxygen atoms in total. The van der Waals surface area contributed by atoms with Gasteiger partial charge in [-0.2, -0.15) is 18.4 Å². The van der Waals surface area contributed by atoms with E-state index in [-0.39, 0.29) is 6.42 Å². The molecule has 0 aliphatic heterocycles. The Balaban J connectivity index is 2.34. The average molecular weight is 256 g/mol. The van der Waals surface area contributed by atoms with Gasteiger partial charge in [0, 0.05) is 13.0 Å². The topological polar surface area (TPSA) is 35.8 Å². The van der Waals surface area contributed by atoms with Crippen LogP contribution in [0.25, 0.3) is 0 Å². The van der Waals surface area contributed by atoms with Gasteiger partial charge in [-0.3, -0.25) is 0 Å². The molecule has 1 rings (SSSR count). The van der Waals surface area contributed by atoms with Gasteiger partial charge in [0.2, 0.25) is 0 Å². The Labute approximate surface area is 104 Å². The van der Waals surface area contributed by atoms with Crippen LogP contribution in [0.2, 0.25) is 0 Å². The summed E-state index contributed by atoms with van der Waals surface area (Å²) in [7, 11) is 0. The number of benzene rings is 1. The van der Waals surface area contributed by atoms with Crippen molar-refractivity contribution in [2.24, 2.45) is 0 Å². The molecule has 0 fully saturated rings. The van der Waals surface area contributed by atoms with Gasteiger partial charge >= 0.3 is 6.18 Å². The zero-order valence-corrected chi connectivity index (χ0v) is 10.1. The fraction of sp³-hybridized carbons (Fsp3) is 0.462. The van der Waals surface area contributed by atoms with Crippen LogP contribution in [0.3, 0.4) is 0 Å². The summed E-state index contributed by atoms with van der Waals surface area (Å²) in [5, 5.41) is 11.7. The van der Waals surface area contributed by atoms with E-state index in [0.717, 1.165) is 11.1 Å². The quantitative estimate of drug-likeness (QED) is 0.820. The Hall–Kier alpha value is -1.54. The van der Waals surface area contributed by atoms with Crippen molar-refractivity contribution in [3.63, 3.8) is 0 Å². The van der Waals surface area contributed by atoms with Crippen LogP contribution < -0.4 is 5.32 Å². The zero-order chi connectivity index (χ0) is 13.6. The first-order valence-electron chi connectivity index (χ1n) is 5.69. The van der Waals surface area contributed by atoms with E-state index in [1.807, 2.05) is 19.1 Å². The lowest BCUT2D eigenvalue weighted by atomic mass is 10.1. The van der Waals surface area contributed by atoms with Gasteiger partial charge in [-0.15, -0.1) is 0 Å². The number of nitriles is 1. The molecule has 0 saturated heterocycles. The van der Waals surface area contributed by atoms with Crippen molar-refractivity contribution in [1.82, 2.24) is 5.32 Å². The predicted octanol–water partition coefficient (Wildman–Crippen LogP) is 3.30. The van der Waals surface area contributed by atoms with Crippen molar-refractivity contribution in [3.8, 4) is 6.07 Å². The van der Waals surface area contributed by atoms with Crippen molar-refractivity contribution >= 4 is 0 Å². The monoisotopic (exact) mass is 256 g/mol. The summed E-state index contributed by atoms with van der Waals surface area (Å²) in [5.41, 5.74) is 2.56. The Kier molecular flexibility index (Phi) is 5.17. The van der Waals surface area contributed by atoms with E-state index >= 15 is 0 Å². The number of alkyl halides is 3. The molecule has 1 N–H and O–H groups in total. The summed E-state index contributed by atoms with van der Waals surface area (Å²) in [6, 6.07) is 7.35. The molecular formula is C13H15F3N2. The van der Waals surface area contributed by atoms with Crippen LogP contribution >= 0.6 is 0 Å². The first-order chi connectivity index (χ1) is 8.42. The standard InChI is InChI=1S/C13H15F3N2/c1-10-7-11(8-17)3-4-12(10)9-18-6-2-5-13(14,15)16/h3-4,7,18H,2,5-6,9H2,1H3. The molecule has 1 aromatic carbocycles. The molecule has 0 radical (unpaired) electrons. The summed E-state index contributed by atoms with van der Waals surface area (Å²) in [5.74, 6) is 0. The molecule has 0 unspecified atom stereocenters. The maximum absolute atomic E-state index is 11.9. The highest BCUT2D eigenvalue weighted by atomic mass is 19.4. The molecule has 0 atom stereocenters. The van der Waals surface area contributed by atoms with Gasteiger partial charge in [0.05, 0.1) is 11.6 Å². The third-order valence-corrected chi connectivity index (χ3v) is 2.60. The van der Waals surface area contributed by atoms with E-state index in [0.29, 0.717) is 18.7 Å². The SMILES string of the molecule is Cc1cc(C#N)ccc1CNCCCC(F)(F)F. The van der Waals surface area contributed by atoms with Crippen LogP contribution in [0.15, 0.2) is 18.2 Å². The van der Waals surface area contributed by atoms with Gasteiger partial charge in [-0.25, -0.2) is 0 Å². The van der Waals surface area contributed by atoms with Crippen molar-refractivity contribution in [2.45, 2.75) is 32.5 Å². The molecular weight excluding hydrogens is 241 g/mol. The molecule has 0 amide bonds. The van der Waals surface area contributed by atoms with Gasteiger partial charge in [0.15, 0.2) is 0 Å². The van der Waals surface area contributed by atoms with E-state index in [1.54, 1.807) is 12.1 Å². The van der Waals surface area contributed by atoms with Crippen molar-refractivity contribution in [1.29, 1.82) is 5.26 Å². The fourth-order valence-electron chi connectivity index (χ4n) is 1.60. The number of aryl methyl sites for hydroxylation is 1. The summed E-state index contributed by atoms with van der Waals surface area (Å²) >= 11 is 0. The second-order valence-electron chi connectivity index (χ2n) is 4.15. The highest BCUT2D eigenvalue weighted by Gasteiger charge is 2.25. The molecule has 0 bridgehead atoms. The number of hydrogen-bond acceptors (Lipinski definition) is 2. The van der Waals surface area contributed by atoms with Crippen LogP contribution in [0.4, 0.5) is 13.2 Å². The molecule has 0 aromatic heterocycles. The van der Waals surface area contributed by atoms with Crippen LogP contribution in [0.5, 0.6) is 0 Å². The Bertz CT molecular complexity index is 433. The second-order valence-corrected chi connectivity index (χ2v) is 4.15. The number of rotatable bonds is 5. The van der Waals surface area contributed by atoms with Crippen molar-refractivity contribution in [2.75, 3.05) is 6.54 Å². The average Bonchev–Trinajstić information content (AvgIpc) is 2.29. The molecule has 0 spiro atoms. The van der Waals surface area contributed by atoms with Crippen LogP contribution in [0, 0.1) is 18.3 Å². The van der Waals surface area contributed by atoms with Gasteiger partial charge in [-0.1, -0.05) is 6.07 Å². The lowest BCUT2D eigenvalue weighted by molar-refractivity contribution is -0.135. The van der Waals surface area contributed by atoms with Crippen molar-refractivity contribution < 1.29 is 13.2 Å². The van der Waals surface area contributed by atoms with Crippen LogP contribution in [0.1, 0.15) is 29.5 Å². The smallest absolute Gasteiger partial charge is 0.313 e. The fourth-order valence-corrected chi connectivity index (χ4v) is 1.60. The van der Waals surface area contributed by atoms with Gasteiger partial charge in [0.1, 0.15) is 0 Å². The van der Waals surface area contributed by atoms with Crippen LogP contribution in [-0.2, 0) is 6.54 Å². The van der Waals surface area contributed by atoms with E-state index in [4.69, 9.17) is 5.26 Å². The van der Waals surface area contributed by atoms with E-state index in [9.17, 15) is 13.2 Å². The summed E-state index contributed by atoms with van der Waals surface area (Å²) in [4.78, 5) is 0. The molecule has 1 aromatic rings. The molecule has 18 heavy (non-hydrogen) atoms. The third-order valence-electron chi connectivity index (χ3n) is 2.60. The number of nitrogens with one attached hydrogen (secondary N) is 1. The highest BCUT2D eigenvalue weighted by Crippen LogP contribution is 2.20. The first-order valence-corrected chi connectivity index (χ1v) is 5.69. The minimum Gasteiger partial charge on any atom is -0.313 e. The minimum atomic E-state index is -4.08. The maximum atomic E-state index is 11.9. The van der Waals surface area contributed by atoms with Crippen molar-refractivity contribution in [3.05, 3.63) is 34.9 Å². The Morgan fingerprint density at radius 2 is 2.06 bits per heavy atom. The minimum absolute atomic E-state index is 0.0822. The molecule has 0 heterocycles. The van der Waals surface area contributed by atoms with Gasteiger partial charge < -0.3 is 5.32 Å². The summed E-state index contributed by atoms with van der Waals surface area (Å²) in [6.45, 7) is 2.74. The Morgan fingerprint density at radius 3 is 2.61 bits per heavy atom. The van der Waals surface area contributed by atoms with E-state index < -0.39 is 12.6 Å². The number of hydrogen-bond donors (Lipinski definition) is 1. The molecule has 5 heteroatoms. The normalized spacial score (nSPS) is 11.3. The molecule has 0 saturated carbocycles. The van der Waals surface area contributed by atoms with E-state index in [2.05, 4.69) is 5.32 Å². The van der Waals surface area contributed by atoms with Gasteiger partial charge in [0.25, 0.3) is 0 Å². The second kappa shape index (κ2) is 6.41. The van der Waals surface area contributed by atoms with Crippen LogP contribution in [-0.4, -0.2) is 12.7 Å². The molecule has 98 valence electrons. The third kappa shape index (κ3) is 5.19. The van der Waals surface area contributed by atoms with Gasteiger partial charge in [-0.05, 0) is 43.1 Å². The summed E-state index contributed by atoms with van der Waals surface area (Å²) in [6.07, 6.45) is -4.75. The zero-order valence-electron chi connectivity index (χ0n) is 10.1. The lowest BCUT2D eigenvalue weighted by Gasteiger charge is -2.09.